The highest BCUT2D eigenvalue weighted by atomic mass is 28.4. The fourth-order valence-corrected chi connectivity index (χ4v) is 12.4. The molecule has 0 bridgehead atoms. The summed E-state index contributed by atoms with van der Waals surface area (Å²) in [4.78, 5) is 0. The Hall–Kier alpha value is -2.24. The molecular formula is C36H52O3Si. The molecule has 0 aliphatic rings. The normalized spacial score (nSPS) is 15.0. The molecule has 0 spiro atoms. The first-order valence-corrected chi connectivity index (χ1v) is 17.3. The summed E-state index contributed by atoms with van der Waals surface area (Å²) in [5, 5.41) is 11.4. The monoisotopic (exact) mass is 560 g/mol. The number of benzene rings is 3. The van der Waals surface area contributed by atoms with Crippen molar-refractivity contribution in [3.05, 3.63) is 108 Å². The quantitative estimate of drug-likeness (QED) is 0.149. The summed E-state index contributed by atoms with van der Waals surface area (Å²) < 4.78 is 13.8. The second-order valence-electron chi connectivity index (χ2n) is 12.6. The average molecular weight is 561 g/mol. The maximum absolute atomic E-state index is 11.4. The summed E-state index contributed by atoms with van der Waals surface area (Å²) in [5.41, 5.74) is 4.02. The molecule has 1 N–H and O–H groups in total. The molecule has 3 rings (SSSR count). The van der Waals surface area contributed by atoms with Gasteiger partial charge in [0, 0.05) is 6.61 Å². The molecule has 0 aliphatic heterocycles. The number of hydrogen-bond acceptors (Lipinski definition) is 3. The Morgan fingerprint density at radius 2 is 0.975 bits per heavy atom. The van der Waals surface area contributed by atoms with E-state index in [9.17, 15) is 5.11 Å². The first-order valence-electron chi connectivity index (χ1n) is 15.2. The molecule has 3 aromatic rings. The van der Waals surface area contributed by atoms with E-state index in [4.69, 9.17) is 9.16 Å². The van der Waals surface area contributed by atoms with Crippen LogP contribution in [0.3, 0.4) is 0 Å². The lowest BCUT2D eigenvalue weighted by atomic mass is 9.80. The standard InChI is InChI=1S/C36H52O3Si/c1-27(2)40(28(3)4,29(5)6)39-25-30(7)24-31(8)35(37)26-38-36(32-18-12-9-13-19-32,33-20-14-10-15-21-33)34-22-16-11-17-23-34/h9-23,27-31,35,37H,24-26H2,1-8H3/t30-,31-,35+/m0/s1. The fraction of sp³-hybridized carbons (Fsp3) is 0.500. The predicted molar refractivity (Wildman–Crippen MR) is 171 cm³/mol. The zero-order valence-electron chi connectivity index (χ0n) is 26.0. The molecule has 40 heavy (non-hydrogen) atoms. The van der Waals surface area contributed by atoms with Gasteiger partial charge < -0.3 is 14.3 Å². The van der Waals surface area contributed by atoms with Crippen molar-refractivity contribution in [1.29, 1.82) is 0 Å². The maximum Gasteiger partial charge on any atom is 0.200 e. The molecule has 0 unspecified atom stereocenters. The summed E-state index contributed by atoms with van der Waals surface area (Å²) in [7, 11) is -1.91. The van der Waals surface area contributed by atoms with Gasteiger partial charge >= 0.3 is 0 Å². The second-order valence-corrected chi connectivity index (χ2v) is 18.1. The molecule has 0 amide bonds. The van der Waals surface area contributed by atoms with Gasteiger partial charge in [-0.1, -0.05) is 146 Å². The molecule has 3 aromatic carbocycles. The van der Waals surface area contributed by atoms with E-state index in [-0.39, 0.29) is 12.5 Å². The number of rotatable bonds is 15. The van der Waals surface area contributed by atoms with E-state index in [1.54, 1.807) is 0 Å². The van der Waals surface area contributed by atoms with Crippen molar-refractivity contribution < 1.29 is 14.3 Å². The highest BCUT2D eigenvalue weighted by Gasteiger charge is 2.45. The fourth-order valence-electron chi connectivity index (χ4n) is 6.79. The SMILES string of the molecule is CC(C)[Si](OC[C@@H](C)C[C@H](C)[C@H](O)COC(c1ccccc1)(c1ccccc1)c1ccccc1)(C(C)C)C(C)C. The van der Waals surface area contributed by atoms with Gasteiger partial charge in [-0.25, -0.2) is 0 Å². The first kappa shape index (κ1) is 32.3. The molecule has 0 fully saturated rings. The van der Waals surface area contributed by atoms with Crippen LogP contribution in [0.1, 0.15) is 78.5 Å². The Morgan fingerprint density at radius 3 is 1.32 bits per heavy atom. The van der Waals surface area contributed by atoms with E-state index in [0.717, 1.165) is 29.7 Å². The Kier molecular flexibility index (Phi) is 11.8. The van der Waals surface area contributed by atoms with Gasteiger partial charge in [0.25, 0.3) is 0 Å². The smallest absolute Gasteiger partial charge is 0.200 e. The van der Waals surface area contributed by atoms with Crippen molar-refractivity contribution in [2.45, 2.75) is 90.1 Å². The van der Waals surface area contributed by atoms with E-state index in [0.29, 0.717) is 22.5 Å². The van der Waals surface area contributed by atoms with Crippen molar-refractivity contribution in [2.75, 3.05) is 13.2 Å². The lowest BCUT2D eigenvalue weighted by Crippen LogP contribution is -2.48. The molecule has 0 heterocycles. The van der Waals surface area contributed by atoms with Gasteiger partial charge in [-0.15, -0.1) is 0 Å². The number of aliphatic hydroxyl groups is 1. The van der Waals surface area contributed by atoms with Crippen molar-refractivity contribution in [2.24, 2.45) is 11.8 Å². The number of ether oxygens (including phenoxy) is 1. The lowest BCUT2D eigenvalue weighted by molar-refractivity contribution is -0.0564. The van der Waals surface area contributed by atoms with E-state index in [2.05, 4.69) is 128 Å². The van der Waals surface area contributed by atoms with Crippen LogP contribution in [0, 0.1) is 11.8 Å². The van der Waals surface area contributed by atoms with E-state index < -0.39 is 20.0 Å². The molecule has 218 valence electrons. The molecule has 3 atom stereocenters. The van der Waals surface area contributed by atoms with Gasteiger partial charge in [0.1, 0.15) is 5.60 Å². The largest absolute Gasteiger partial charge is 0.416 e. The number of hydrogen-bond donors (Lipinski definition) is 1. The molecule has 0 aliphatic carbocycles. The molecular weight excluding hydrogens is 508 g/mol. The molecule has 0 aromatic heterocycles. The molecule has 0 saturated heterocycles. The minimum Gasteiger partial charge on any atom is -0.416 e. The van der Waals surface area contributed by atoms with E-state index in [1.807, 2.05) is 18.2 Å². The Morgan fingerprint density at radius 1 is 0.600 bits per heavy atom. The highest BCUT2D eigenvalue weighted by Crippen LogP contribution is 2.43. The van der Waals surface area contributed by atoms with Crippen LogP contribution >= 0.6 is 0 Å². The summed E-state index contributed by atoms with van der Waals surface area (Å²) in [6.07, 6.45) is 0.290. The van der Waals surface area contributed by atoms with Gasteiger partial charge in [0.05, 0.1) is 12.7 Å². The van der Waals surface area contributed by atoms with Gasteiger partial charge in [-0.05, 0) is 51.6 Å². The van der Waals surface area contributed by atoms with Crippen molar-refractivity contribution in [3.8, 4) is 0 Å². The van der Waals surface area contributed by atoms with Crippen LogP contribution in [0.4, 0.5) is 0 Å². The molecule has 3 nitrogen and oxygen atoms in total. The average Bonchev–Trinajstić information content (AvgIpc) is 2.94. The Balaban J connectivity index is 1.79. The summed E-state index contributed by atoms with van der Waals surface area (Å²) in [6, 6.07) is 31.1. The zero-order valence-corrected chi connectivity index (χ0v) is 27.0. The number of aliphatic hydroxyl groups excluding tert-OH is 1. The minimum absolute atomic E-state index is 0.0758. The van der Waals surface area contributed by atoms with E-state index in [1.165, 1.54) is 0 Å². The van der Waals surface area contributed by atoms with Crippen LogP contribution in [0.2, 0.25) is 16.6 Å². The first-order chi connectivity index (χ1) is 19.1. The minimum atomic E-state index is -1.91. The van der Waals surface area contributed by atoms with Crippen LogP contribution in [-0.4, -0.2) is 32.7 Å². The van der Waals surface area contributed by atoms with Gasteiger partial charge in [-0.2, -0.15) is 0 Å². The summed E-state index contributed by atoms with van der Waals surface area (Å²) in [6.45, 7) is 19.4. The van der Waals surface area contributed by atoms with Crippen molar-refractivity contribution >= 4 is 8.32 Å². The van der Waals surface area contributed by atoms with E-state index >= 15 is 0 Å². The van der Waals surface area contributed by atoms with Gasteiger partial charge in [0.15, 0.2) is 8.32 Å². The van der Waals surface area contributed by atoms with Crippen LogP contribution in [0.25, 0.3) is 0 Å². The van der Waals surface area contributed by atoms with Crippen molar-refractivity contribution in [1.82, 2.24) is 0 Å². The molecule has 0 saturated carbocycles. The second kappa shape index (κ2) is 14.6. The lowest BCUT2D eigenvalue weighted by Gasteiger charge is -2.43. The van der Waals surface area contributed by atoms with Gasteiger partial charge in [0.2, 0.25) is 0 Å². The zero-order chi connectivity index (χ0) is 29.3. The van der Waals surface area contributed by atoms with Crippen molar-refractivity contribution in [3.63, 3.8) is 0 Å². The third-order valence-corrected chi connectivity index (χ3v) is 14.8. The third kappa shape index (κ3) is 7.14. The Labute approximate surface area is 245 Å². The summed E-state index contributed by atoms with van der Waals surface area (Å²) >= 11 is 0. The van der Waals surface area contributed by atoms with Crippen LogP contribution in [0.5, 0.6) is 0 Å². The maximum atomic E-state index is 11.4. The summed E-state index contributed by atoms with van der Waals surface area (Å²) in [5.74, 6) is 0.432. The van der Waals surface area contributed by atoms with Crippen LogP contribution < -0.4 is 0 Å². The predicted octanol–water partition coefficient (Wildman–Crippen LogP) is 9.21. The van der Waals surface area contributed by atoms with Crippen LogP contribution in [0.15, 0.2) is 91.0 Å². The topological polar surface area (TPSA) is 38.7 Å². The molecule has 4 heteroatoms. The van der Waals surface area contributed by atoms with Crippen LogP contribution in [-0.2, 0) is 14.8 Å². The Bertz CT molecular complexity index is 996. The highest BCUT2D eigenvalue weighted by molar-refractivity contribution is 6.77. The van der Waals surface area contributed by atoms with Gasteiger partial charge in [-0.3, -0.25) is 0 Å². The molecule has 0 radical (unpaired) electrons. The third-order valence-electron chi connectivity index (χ3n) is 8.77.